The maximum absolute atomic E-state index is 13.5. The van der Waals surface area contributed by atoms with Crippen LogP contribution in [0.15, 0.2) is 58.4 Å². The minimum absolute atomic E-state index is 0.0456. The highest BCUT2D eigenvalue weighted by molar-refractivity contribution is 7.90. The van der Waals surface area contributed by atoms with E-state index in [-0.39, 0.29) is 42.8 Å². The molecule has 252 valence electrons. The first-order valence-electron chi connectivity index (χ1n) is 15.7. The molecule has 0 bridgehead atoms. The molecular weight excluding hydrogens is 632 g/mol. The number of aliphatic imine (C=N–C) groups is 1. The molecule has 0 unspecified atom stereocenters. The number of rotatable bonds is 11. The first-order chi connectivity index (χ1) is 22.7. The molecule has 0 spiro atoms. The normalized spacial score (nSPS) is 15.3. The summed E-state index contributed by atoms with van der Waals surface area (Å²) in [5.74, 6) is -0.398. The minimum atomic E-state index is -4.08. The smallest absolute Gasteiger partial charge is 0.407 e. The van der Waals surface area contributed by atoms with Crippen molar-refractivity contribution >= 4 is 34.1 Å². The van der Waals surface area contributed by atoms with Gasteiger partial charge in [0, 0.05) is 24.4 Å². The summed E-state index contributed by atoms with van der Waals surface area (Å²) >= 11 is 0. The summed E-state index contributed by atoms with van der Waals surface area (Å²) in [6.45, 7) is 9.35. The zero-order valence-corrected chi connectivity index (χ0v) is 28.5. The van der Waals surface area contributed by atoms with E-state index in [1.807, 2.05) is 69.3 Å². The van der Waals surface area contributed by atoms with Crippen LogP contribution in [0.1, 0.15) is 66.0 Å². The average molecular weight is 673 g/mol. The van der Waals surface area contributed by atoms with Crippen LogP contribution in [-0.2, 0) is 26.0 Å². The van der Waals surface area contributed by atoms with Gasteiger partial charge in [0.25, 0.3) is 15.8 Å². The van der Waals surface area contributed by atoms with Gasteiger partial charge in [-0.2, -0.15) is 4.79 Å². The number of fused-ring (bicyclic) bond motifs is 4. The maximum Gasteiger partial charge on any atom is 0.407 e. The van der Waals surface area contributed by atoms with E-state index in [4.69, 9.17) is 20.7 Å². The van der Waals surface area contributed by atoms with Gasteiger partial charge < -0.3 is 26.1 Å². The van der Waals surface area contributed by atoms with Crippen LogP contribution < -0.4 is 20.5 Å². The second-order valence-electron chi connectivity index (χ2n) is 12.7. The Labute approximate surface area is 280 Å². The minimum Gasteiger partial charge on any atom is -0.487 e. The summed E-state index contributed by atoms with van der Waals surface area (Å²) in [4.78, 5) is 32.5. The Hall–Kier alpha value is -5.00. The van der Waals surface area contributed by atoms with Gasteiger partial charge >= 0.3 is 12.3 Å². The standard InChI is InChI=1S/C35H40N6O6S/c1-20-21(2)32(22(3)27-17-35(4,5)47-31(20)27)48(44,45)41-33(36)38-16-10-15-29(30(42)18-39-37)40-34(43)46-19-28-25-13-8-6-11-23(25)24-12-7-9-14-26(24)28/h6-9,11-14,18,28-29H,10,15-17,19H2,1-5H3,(H,40,43)(H3,36,38,41)/t29-/m0/s1. The van der Waals surface area contributed by atoms with Crippen LogP contribution in [-0.4, -0.2) is 62.1 Å². The number of alkyl carbamates (subject to hydrolysis) is 1. The van der Waals surface area contributed by atoms with Crippen molar-refractivity contribution < 1.29 is 32.3 Å². The lowest BCUT2D eigenvalue weighted by Crippen LogP contribution is -2.42. The molecule has 5 rings (SSSR count). The highest BCUT2D eigenvalue weighted by atomic mass is 32.2. The van der Waals surface area contributed by atoms with Crippen molar-refractivity contribution in [3.63, 3.8) is 0 Å². The van der Waals surface area contributed by atoms with Crippen LogP contribution in [0.5, 0.6) is 5.75 Å². The predicted molar refractivity (Wildman–Crippen MR) is 182 cm³/mol. The number of sulfonamides is 1. The number of nitrogens with one attached hydrogen (secondary N) is 2. The number of carbonyl (C=O) groups excluding carboxylic acids is 2. The Balaban J connectivity index is 1.19. The third-order valence-electron chi connectivity index (χ3n) is 8.90. The van der Waals surface area contributed by atoms with Crippen LogP contribution in [0, 0.1) is 20.8 Å². The third-order valence-corrected chi connectivity index (χ3v) is 10.5. The molecule has 12 nitrogen and oxygen atoms in total. The Morgan fingerprint density at radius 2 is 1.71 bits per heavy atom. The summed E-state index contributed by atoms with van der Waals surface area (Å²) in [6, 6.07) is 14.8. The van der Waals surface area contributed by atoms with Gasteiger partial charge in [0.2, 0.25) is 5.96 Å². The van der Waals surface area contributed by atoms with E-state index in [9.17, 15) is 18.0 Å². The first kappa shape index (κ1) is 34.3. The van der Waals surface area contributed by atoms with E-state index < -0.39 is 33.5 Å². The zero-order chi connectivity index (χ0) is 34.8. The van der Waals surface area contributed by atoms with Crippen LogP contribution in [0.3, 0.4) is 0 Å². The van der Waals surface area contributed by atoms with Gasteiger partial charge in [-0.25, -0.2) is 17.9 Å². The van der Waals surface area contributed by atoms with Gasteiger partial charge in [-0.3, -0.25) is 9.79 Å². The monoisotopic (exact) mass is 672 g/mol. The van der Waals surface area contributed by atoms with Crippen LogP contribution in [0.25, 0.3) is 16.7 Å². The lowest BCUT2D eigenvalue weighted by Gasteiger charge is -2.19. The first-order valence-corrected chi connectivity index (χ1v) is 17.2. The number of hydrogen-bond acceptors (Lipinski definition) is 7. The molecule has 3 aromatic carbocycles. The van der Waals surface area contributed by atoms with Crippen LogP contribution in [0.4, 0.5) is 4.79 Å². The second kappa shape index (κ2) is 13.6. The molecule has 0 saturated carbocycles. The molecule has 48 heavy (non-hydrogen) atoms. The number of nitrogens with zero attached hydrogens (tertiary/aromatic N) is 3. The van der Waals surface area contributed by atoms with Gasteiger partial charge in [0.15, 0.2) is 0 Å². The fraction of sp³-hybridized carbons (Fsp3) is 0.371. The molecule has 1 amide bonds. The zero-order valence-electron chi connectivity index (χ0n) is 27.7. The molecule has 1 atom stereocenters. The average Bonchev–Trinajstić information content (AvgIpc) is 3.54. The van der Waals surface area contributed by atoms with E-state index in [1.54, 1.807) is 13.8 Å². The Kier molecular flexibility index (Phi) is 9.74. The molecule has 1 heterocycles. The third kappa shape index (κ3) is 6.97. The van der Waals surface area contributed by atoms with E-state index in [1.165, 1.54) is 0 Å². The van der Waals surface area contributed by atoms with Gasteiger partial charge in [-0.15, -0.1) is 0 Å². The summed E-state index contributed by atoms with van der Waals surface area (Å²) in [7, 11) is -4.08. The van der Waals surface area contributed by atoms with Crippen molar-refractivity contribution in [2.24, 2.45) is 10.7 Å². The summed E-state index contributed by atoms with van der Waals surface area (Å²) in [6.07, 6.45) is 0.810. The number of hydrogen-bond donors (Lipinski definition) is 3. The lowest BCUT2D eigenvalue weighted by atomic mass is 9.94. The van der Waals surface area contributed by atoms with Crippen molar-refractivity contribution in [2.75, 3.05) is 13.2 Å². The number of guanidine groups is 1. The number of nitrogens with two attached hydrogens (primary N) is 1. The quantitative estimate of drug-likeness (QED) is 0.0881. The summed E-state index contributed by atoms with van der Waals surface area (Å²) < 4.78 is 40.9. The van der Waals surface area contributed by atoms with Crippen molar-refractivity contribution in [1.29, 1.82) is 0 Å². The molecule has 0 radical (unpaired) electrons. The molecule has 13 heteroatoms. The molecule has 1 aliphatic heterocycles. The topological polar surface area (TPSA) is 186 Å². The van der Waals surface area contributed by atoms with Crippen molar-refractivity contribution in [3.8, 4) is 16.9 Å². The SMILES string of the molecule is Cc1c(C)c(S(=O)(=O)NC(N)=NCCC[C@H](NC(=O)OCC2c3ccccc3-c3ccccc32)C(=O)C=[N+]=[N-])c(C)c2c1OC(C)(C)C2. The summed E-state index contributed by atoms with van der Waals surface area (Å²) in [5.41, 5.74) is 21.5. The van der Waals surface area contributed by atoms with Gasteiger partial charge in [0.1, 0.15) is 24.0 Å². The molecular formula is C35H40N6O6S. The highest BCUT2D eigenvalue weighted by Gasteiger charge is 2.37. The molecule has 1 aliphatic carbocycles. The number of Topliss-reactive ketones (excluding diaryl/α,β-unsaturated/α-hetero) is 1. The molecule has 0 aromatic heterocycles. The molecule has 4 N–H and O–H groups in total. The fourth-order valence-corrected chi connectivity index (χ4v) is 8.10. The lowest BCUT2D eigenvalue weighted by molar-refractivity contribution is -0.118. The Morgan fingerprint density at radius 3 is 2.33 bits per heavy atom. The largest absolute Gasteiger partial charge is 0.487 e. The van der Waals surface area contributed by atoms with Gasteiger partial charge in [0.05, 0.1) is 4.90 Å². The van der Waals surface area contributed by atoms with Crippen molar-refractivity contribution in [1.82, 2.24) is 10.0 Å². The van der Waals surface area contributed by atoms with Crippen molar-refractivity contribution in [2.45, 2.75) is 76.3 Å². The molecule has 3 aromatic rings. The molecule has 0 saturated heterocycles. The van der Waals surface area contributed by atoms with E-state index >= 15 is 0 Å². The van der Waals surface area contributed by atoms with E-state index in [2.05, 4.69) is 19.8 Å². The Morgan fingerprint density at radius 1 is 1.08 bits per heavy atom. The second-order valence-corrected chi connectivity index (χ2v) is 14.4. The summed E-state index contributed by atoms with van der Waals surface area (Å²) in [5, 5.41) is 2.55. The van der Waals surface area contributed by atoms with Crippen LogP contribution in [0.2, 0.25) is 0 Å². The Bertz CT molecular complexity index is 1920. The number of benzene rings is 3. The molecule has 2 aliphatic rings. The van der Waals surface area contributed by atoms with Crippen molar-refractivity contribution in [3.05, 3.63) is 87.4 Å². The van der Waals surface area contributed by atoms with Gasteiger partial charge in [-0.05, 0) is 86.4 Å². The van der Waals surface area contributed by atoms with E-state index in [0.29, 0.717) is 23.8 Å². The van der Waals surface area contributed by atoms with Crippen LogP contribution >= 0.6 is 0 Å². The number of carbonyl (C=O) groups is 2. The number of ether oxygens (including phenoxy) is 2. The number of amides is 1. The van der Waals surface area contributed by atoms with E-state index in [0.717, 1.165) is 39.1 Å². The highest BCUT2D eigenvalue weighted by Crippen LogP contribution is 2.45. The maximum atomic E-state index is 13.5. The predicted octanol–water partition coefficient (Wildman–Crippen LogP) is 4.48. The van der Waals surface area contributed by atoms with Gasteiger partial charge in [-0.1, -0.05) is 48.5 Å². The molecule has 0 fully saturated rings. The fourth-order valence-electron chi connectivity index (χ4n) is 6.58. The number of ketones is 1.